The molecule has 0 amide bonds. The van der Waals surface area contributed by atoms with E-state index in [1.807, 2.05) is 44.2 Å². The van der Waals surface area contributed by atoms with E-state index in [1.165, 1.54) is 57.6 Å². The number of aryl methyl sites for hydroxylation is 2. The summed E-state index contributed by atoms with van der Waals surface area (Å²) in [5.41, 5.74) is 4.95. The lowest BCUT2D eigenvalue weighted by Gasteiger charge is -2.50. The van der Waals surface area contributed by atoms with Gasteiger partial charge in [0.15, 0.2) is 5.76 Å². The van der Waals surface area contributed by atoms with Crippen LogP contribution in [0.3, 0.4) is 0 Å². The summed E-state index contributed by atoms with van der Waals surface area (Å²) in [5, 5.41) is 20.2. The van der Waals surface area contributed by atoms with E-state index in [1.54, 1.807) is 0 Å². The minimum atomic E-state index is -0.148. The molecule has 0 saturated heterocycles. The van der Waals surface area contributed by atoms with Crippen LogP contribution < -0.4 is 0 Å². The molecular formula is C47H72O6. The molecule has 0 radical (unpaired) electrons. The topological polar surface area (TPSA) is 85.2 Å². The minimum absolute atomic E-state index is 0.0239. The molecule has 2 aliphatic rings. The first kappa shape index (κ1) is 44.0. The molecule has 2 aromatic rings. The number of esters is 1. The van der Waals surface area contributed by atoms with Crippen molar-refractivity contribution >= 4 is 5.97 Å². The number of allylic oxidation sites excluding steroid dienone is 1. The van der Waals surface area contributed by atoms with Crippen molar-refractivity contribution in [3.05, 3.63) is 83.3 Å². The van der Waals surface area contributed by atoms with E-state index in [9.17, 15) is 15.0 Å². The summed E-state index contributed by atoms with van der Waals surface area (Å²) in [5.74, 6) is 2.43. The number of hydrogen-bond acceptors (Lipinski definition) is 6. The third-order valence-corrected chi connectivity index (χ3v) is 12.6. The Morgan fingerprint density at radius 3 is 1.85 bits per heavy atom. The van der Waals surface area contributed by atoms with Crippen LogP contribution in [0.1, 0.15) is 155 Å². The van der Waals surface area contributed by atoms with E-state index in [-0.39, 0.29) is 27.6 Å². The predicted molar refractivity (Wildman–Crippen MR) is 218 cm³/mol. The van der Waals surface area contributed by atoms with Gasteiger partial charge in [0.1, 0.15) is 17.8 Å². The van der Waals surface area contributed by atoms with Gasteiger partial charge in [-0.05, 0) is 127 Å². The van der Waals surface area contributed by atoms with Crippen LogP contribution in [0.15, 0.2) is 55.5 Å². The Morgan fingerprint density at radius 2 is 1.34 bits per heavy atom. The van der Waals surface area contributed by atoms with E-state index >= 15 is 0 Å². The van der Waals surface area contributed by atoms with Gasteiger partial charge < -0.3 is 14.9 Å². The zero-order chi connectivity index (χ0) is 40.0. The van der Waals surface area contributed by atoms with Crippen molar-refractivity contribution in [1.29, 1.82) is 0 Å². The average molecular weight is 733 g/mol. The maximum atomic E-state index is 12.9. The molecule has 2 saturated carbocycles. The highest BCUT2D eigenvalue weighted by Gasteiger charge is 2.46. The summed E-state index contributed by atoms with van der Waals surface area (Å²) in [6.45, 7) is 33.4. The summed E-state index contributed by atoms with van der Waals surface area (Å²) in [6, 6.07) is 9.92. The Balaban J connectivity index is 0.000000533. The van der Waals surface area contributed by atoms with Gasteiger partial charge in [-0.1, -0.05) is 113 Å². The molecule has 53 heavy (non-hydrogen) atoms. The number of benzene rings is 2. The molecule has 6 nitrogen and oxygen atoms in total. The van der Waals surface area contributed by atoms with Crippen LogP contribution in [-0.4, -0.2) is 22.8 Å². The van der Waals surface area contributed by atoms with Gasteiger partial charge in [0.05, 0.1) is 13.0 Å². The lowest BCUT2D eigenvalue weighted by molar-refractivity contribution is -0.228. The molecule has 2 aliphatic carbocycles. The fourth-order valence-electron chi connectivity index (χ4n) is 8.58. The van der Waals surface area contributed by atoms with Crippen molar-refractivity contribution in [3.8, 4) is 11.5 Å². The molecule has 296 valence electrons. The Morgan fingerprint density at radius 1 is 0.811 bits per heavy atom. The number of carbonyl (C=O) groups excluding carboxylic acids is 1. The first-order valence-corrected chi connectivity index (χ1v) is 19.8. The molecule has 0 aromatic heterocycles. The lowest BCUT2D eigenvalue weighted by Crippen LogP contribution is -2.39. The molecule has 2 aromatic carbocycles. The van der Waals surface area contributed by atoms with Gasteiger partial charge in [0.2, 0.25) is 0 Å². The molecule has 0 heterocycles. The Kier molecular flexibility index (Phi) is 14.4. The first-order valence-electron chi connectivity index (χ1n) is 19.8. The second kappa shape index (κ2) is 17.4. The molecule has 6 heteroatoms. The molecule has 2 fully saturated rings. The Bertz CT molecular complexity index is 1550. The second-order valence-corrected chi connectivity index (χ2v) is 19.5. The number of phenolic OH excluding ortho intramolecular Hbond substituents is 2. The number of hydrogen-bond donors (Lipinski definition) is 2. The largest absolute Gasteiger partial charge is 0.507 e. The van der Waals surface area contributed by atoms with Crippen molar-refractivity contribution in [3.63, 3.8) is 0 Å². The maximum Gasteiger partial charge on any atom is 0.306 e. The first-order chi connectivity index (χ1) is 24.4. The number of para-hydroxylation sites is 1. The van der Waals surface area contributed by atoms with Crippen LogP contribution in [0, 0.1) is 41.9 Å². The van der Waals surface area contributed by atoms with E-state index in [0.717, 1.165) is 27.8 Å². The van der Waals surface area contributed by atoms with Crippen LogP contribution in [0.2, 0.25) is 0 Å². The van der Waals surface area contributed by atoms with Gasteiger partial charge >= 0.3 is 5.97 Å². The highest BCUT2D eigenvalue weighted by atomic mass is 17.2. The normalized spacial score (nSPS) is 20.9. The molecular weight excluding hydrogens is 661 g/mol. The van der Waals surface area contributed by atoms with Gasteiger partial charge in [-0.15, -0.1) is 0 Å². The molecule has 0 aliphatic heterocycles. The third-order valence-electron chi connectivity index (χ3n) is 12.6. The monoisotopic (exact) mass is 733 g/mol. The van der Waals surface area contributed by atoms with Gasteiger partial charge in [0, 0.05) is 11.8 Å². The van der Waals surface area contributed by atoms with E-state index < -0.39 is 0 Å². The number of ether oxygens (including phenoxy) is 1. The van der Waals surface area contributed by atoms with E-state index in [0.29, 0.717) is 54.0 Å². The Hall–Kier alpha value is -3.41. The quantitative estimate of drug-likeness (QED) is 0.104. The minimum Gasteiger partial charge on any atom is -0.507 e. The van der Waals surface area contributed by atoms with Crippen molar-refractivity contribution in [1.82, 2.24) is 0 Å². The van der Waals surface area contributed by atoms with E-state index in [2.05, 4.69) is 82.4 Å². The number of carbonyl (C=O) groups is 1. The van der Waals surface area contributed by atoms with Crippen LogP contribution in [0.25, 0.3) is 0 Å². The summed E-state index contributed by atoms with van der Waals surface area (Å²) < 4.78 is 5.73. The standard InChI is InChI=1S/C36H56O5.C11H16O/c1-11-40-41-26(3)35(9,10)29-14-19-36(20-15-29)17-12-28(13-18-36)34(7,8)24-31(37)39-21-16-27-22-25(2)32(38)30(23-27)33(4,5)6;1-8-6-5-7-9(10(8)12)11(2,3)4/h11,22-23,28-29,38H,1,3,12-21,24H2,2,4-10H3;5-7,12H,1-4H3. The van der Waals surface area contributed by atoms with E-state index in [4.69, 9.17) is 14.5 Å². The zero-order valence-electron chi connectivity index (χ0n) is 35.3. The van der Waals surface area contributed by atoms with Crippen molar-refractivity contribution < 1.29 is 29.5 Å². The van der Waals surface area contributed by atoms with Crippen LogP contribution in [-0.2, 0) is 36.6 Å². The summed E-state index contributed by atoms with van der Waals surface area (Å²) >= 11 is 0. The third kappa shape index (κ3) is 11.5. The fourth-order valence-corrected chi connectivity index (χ4v) is 8.58. The average Bonchev–Trinajstić information content (AvgIpc) is 3.05. The van der Waals surface area contributed by atoms with Crippen molar-refractivity contribution in [2.24, 2.45) is 28.1 Å². The van der Waals surface area contributed by atoms with Crippen LogP contribution >= 0.6 is 0 Å². The second-order valence-electron chi connectivity index (χ2n) is 19.5. The van der Waals surface area contributed by atoms with Crippen molar-refractivity contribution in [2.75, 3.05) is 6.61 Å². The predicted octanol–water partition coefficient (Wildman–Crippen LogP) is 12.5. The van der Waals surface area contributed by atoms with Crippen LogP contribution in [0.4, 0.5) is 0 Å². The number of rotatable bonds is 11. The number of aromatic hydroxyl groups is 2. The van der Waals surface area contributed by atoms with Gasteiger partial charge in [-0.2, -0.15) is 0 Å². The van der Waals surface area contributed by atoms with Gasteiger partial charge in [-0.3, -0.25) is 14.6 Å². The smallest absolute Gasteiger partial charge is 0.306 e. The Labute approximate surface area is 322 Å². The molecule has 2 N–H and O–H groups in total. The van der Waals surface area contributed by atoms with Gasteiger partial charge in [0.25, 0.3) is 0 Å². The number of phenols is 2. The summed E-state index contributed by atoms with van der Waals surface area (Å²) in [4.78, 5) is 23.2. The molecule has 0 unspecified atom stereocenters. The molecule has 1 spiro atoms. The maximum absolute atomic E-state index is 12.9. The van der Waals surface area contributed by atoms with Gasteiger partial charge in [-0.25, -0.2) is 0 Å². The highest BCUT2D eigenvalue weighted by Crippen LogP contribution is 2.56. The summed E-state index contributed by atoms with van der Waals surface area (Å²) in [7, 11) is 0. The summed E-state index contributed by atoms with van der Waals surface area (Å²) in [6.07, 6.45) is 12.1. The molecule has 0 bridgehead atoms. The zero-order valence-corrected chi connectivity index (χ0v) is 35.3. The lowest BCUT2D eigenvalue weighted by atomic mass is 9.55. The highest BCUT2D eigenvalue weighted by molar-refractivity contribution is 5.70. The van der Waals surface area contributed by atoms with Crippen molar-refractivity contribution in [2.45, 2.75) is 158 Å². The van der Waals surface area contributed by atoms with Crippen LogP contribution in [0.5, 0.6) is 11.5 Å². The fraction of sp³-hybridized carbons (Fsp3) is 0.638. The molecule has 4 rings (SSSR count). The SMILES string of the molecule is C=COOC(=C)C(C)(C)C1CCC2(CCC(C(C)(C)CC(=O)OCCc3cc(C)c(O)c(C(C)(C)C)c3)CC2)CC1.Cc1cccc(C(C)(C)C)c1O. The molecule has 0 atom stereocenters.